The Balaban J connectivity index is 0.000000490. The molecule has 2 fully saturated rings. The van der Waals surface area contributed by atoms with E-state index in [4.69, 9.17) is 18.9 Å². The van der Waals surface area contributed by atoms with E-state index in [0.717, 1.165) is 36.1 Å². The van der Waals surface area contributed by atoms with E-state index in [0.29, 0.717) is 25.7 Å². The van der Waals surface area contributed by atoms with Gasteiger partial charge in [-0.3, -0.25) is 9.59 Å². The molecule has 0 aliphatic carbocycles. The summed E-state index contributed by atoms with van der Waals surface area (Å²) in [6.07, 6.45) is 24.7. The van der Waals surface area contributed by atoms with Crippen molar-refractivity contribution >= 4 is 50.7 Å². The van der Waals surface area contributed by atoms with Crippen molar-refractivity contribution in [2.45, 2.75) is 206 Å². The van der Waals surface area contributed by atoms with Gasteiger partial charge in [-0.2, -0.15) is 53.3 Å². The lowest BCUT2D eigenvalue weighted by molar-refractivity contribution is -0.194. The van der Waals surface area contributed by atoms with Gasteiger partial charge in [0.25, 0.3) is 0 Å². The number of carbonyl (C=O) groups excluding carboxylic acids is 4. The van der Waals surface area contributed by atoms with E-state index >= 15 is 0 Å². The van der Waals surface area contributed by atoms with Crippen LogP contribution in [0.15, 0.2) is 204 Å². The first-order valence-corrected chi connectivity index (χ1v) is 32.3. The highest BCUT2D eigenvalue weighted by Crippen LogP contribution is 2.43. The second-order valence-electron chi connectivity index (χ2n) is 25.6. The number of ether oxygens (including phenoxy) is 4. The molecule has 4 aliphatic rings. The maximum atomic E-state index is 14.5. The second kappa shape index (κ2) is 39.1. The van der Waals surface area contributed by atoms with Crippen molar-refractivity contribution in [2.75, 3.05) is 0 Å². The van der Waals surface area contributed by atoms with Gasteiger partial charge >= 0.3 is 24.3 Å². The summed E-state index contributed by atoms with van der Waals surface area (Å²) >= 11 is 0. The Labute approximate surface area is 578 Å². The number of rotatable bonds is 24. The molecule has 20 heteroatoms. The zero-order valence-electron chi connectivity index (χ0n) is 57.1. The number of hydrogen-bond acceptors (Lipinski definition) is 10. The minimum absolute atomic E-state index is 0. The van der Waals surface area contributed by atoms with Crippen LogP contribution in [0.2, 0.25) is 0 Å². The van der Waals surface area contributed by atoms with Gasteiger partial charge in [0.15, 0.2) is 10.8 Å². The van der Waals surface area contributed by atoms with Gasteiger partial charge in [-0.1, -0.05) is 208 Å². The monoisotopic (exact) mass is 1380 g/mol. The fourth-order valence-electron chi connectivity index (χ4n) is 11.7. The summed E-state index contributed by atoms with van der Waals surface area (Å²) in [5.41, 5.74) is -1.86. The molecule has 528 valence electrons. The molecule has 12 nitrogen and oxygen atoms in total. The number of benzene rings is 2. The van der Waals surface area contributed by atoms with Gasteiger partial charge in [0.2, 0.25) is 11.8 Å². The van der Waals surface area contributed by atoms with Crippen LogP contribution in [0, 0.1) is 23.7 Å². The molecule has 0 radical (unpaired) electrons. The van der Waals surface area contributed by atoms with Crippen molar-refractivity contribution in [3.05, 3.63) is 216 Å². The summed E-state index contributed by atoms with van der Waals surface area (Å²) in [6.45, 7) is 21.2. The molecule has 2 aromatic rings. The van der Waals surface area contributed by atoms with Crippen LogP contribution in [0.5, 0.6) is 0 Å². The summed E-state index contributed by atoms with van der Waals surface area (Å²) < 4.78 is 110. The molecule has 6 rings (SSSR count). The number of esters is 2. The van der Waals surface area contributed by atoms with Crippen LogP contribution in [0.3, 0.4) is 0 Å². The fourth-order valence-corrected chi connectivity index (χ4v) is 11.7. The third-order valence-electron chi connectivity index (χ3n) is 17.5. The van der Waals surface area contributed by atoms with E-state index in [2.05, 4.69) is 36.6 Å². The van der Waals surface area contributed by atoms with E-state index in [1.807, 2.05) is 91.8 Å². The molecular formula is C76H100F6N2O10S2. The van der Waals surface area contributed by atoms with E-state index in [9.17, 15) is 55.7 Å². The van der Waals surface area contributed by atoms with Crippen LogP contribution in [0.25, 0.3) is 0 Å². The first-order chi connectivity index (χ1) is 44.3. The molecule has 0 bridgehead atoms. The second-order valence-corrected chi connectivity index (χ2v) is 25.6. The molecule has 4 heterocycles. The van der Waals surface area contributed by atoms with Gasteiger partial charge in [-0.05, 0) is 103 Å². The van der Waals surface area contributed by atoms with Crippen LogP contribution in [-0.2, 0) is 49.0 Å². The van der Waals surface area contributed by atoms with Gasteiger partial charge in [-0.15, -0.1) is 0 Å². The number of amides is 2. The molecule has 4 N–H and O–H groups in total. The Hall–Kier alpha value is -6.68. The lowest BCUT2D eigenvalue weighted by atomic mass is 9.80. The summed E-state index contributed by atoms with van der Waals surface area (Å²) in [5, 5.41) is 26.9. The van der Waals surface area contributed by atoms with Gasteiger partial charge in [0, 0.05) is 49.7 Å². The number of alkyl halides is 6. The third-order valence-corrected chi connectivity index (χ3v) is 17.5. The van der Waals surface area contributed by atoms with Crippen molar-refractivity contribution in [1.29, 1.82) is 0 Å². The van der Waals surface area contributed by atoms with Gasteiger partial charge in [0.1, 0.15) is 12.2 Å². The number of halogens is 6. The lowest BCUT2D eigenvalue weighted by Crippen LogP contribution is -2.58. The Bertz CT molecular complexity index is 3010. The number of aliphatic hydroxyl groups excluding tert-OH is 2. The SMILES string of the molecule is C/C=C/[C@@H]1O[C@H]([C@@H](/C=C/C=C(\C)C[C@@H](C)/C=C(C)\C=C\[C@H]2CC=CC(=O)O2)NC(=O)[C@@](C)(c2ccccc2)C(F)(F)F)C[C@@H](O)[C@@H]1C.C/C=C/[C@@H]1O[C@H]([C@H](/C=C/C=C(\C)C[C@@H](C)/C=C(C)\C=C\[C@H]2CC=CC(=O)O2)NC(=O)[C@@](C)(c2ccccc2)C(F)(F)F)C[C@@H](O)[C@@H]1C.S.S. The first-order valence-electron chi connectivity index (χ1n) is 32.3. The van der Waals surface area contributed by atoms with E-state index < -0.39 is 83.7 Å². The Kier molecular flexibility index (Phi) is 34.0. The smallest absolute Gasteiger partial charge is 0.406 e. The number of aliphatic hydroxyl groups is 2. The zero-order valence-corrected chi connectivity index (χ0v) is 59.1. The molecule has 96 heavy (non-hydrogen) atoms. The molecule has 2 amide bonds. The van der Waals surface area contributed by atoms with Crippen LogP contribution < -0.4 is 10.6 Å². The predicted octanol–water partition coefficient (Wildman–Crippen LogP) is 15.5. The summed E-state index contributed by atoms with van der Waals surface area (Å²) in [5.74, 6) is -3.20. The number of nitrogens with one attached hydrogen (secondary N) is 2. The minimum atomic E-state index is -4.87. The molecular weight excluding hydrogens is 1280 g/mol. The standard InChI is InChI=1S/2C38H48F3NO5.2H2S/c2*1-7-13-33-28(5)32(43)24-34(47-33)31(42-36(45)37(6,38(39,40)41)29-15-9-8-10-16-29)18-11-14-25(2)22-27(4)23-26(3)20-21-30-17-12-19-35(44)46-30;;/h2*7-16,18-21,23,27-28,30-34,43H,17,22,24H2,1-6H3,(H,42,45);2*1H2/b2*13-7+,18-11+,21-20+,25-14+,26-23-;;/t27-,28+,30-,31+,32-,33+,34+,37-;27-,28+,30-,31-,32-,33+,34+,37-;;/m11../s1. The molecule has 2 saturated heterocycles. The summed E-state index contributed by atoms with van der Waals surface area (Å²) in [4.78, 5) is 50.0. The molecule has 0 saturated carbocycles. The molecule has 0 spiro atoms. The Morgan fingerprint density at radius 3 is 1.24 bits per heavy atom. The van der Waals surface area contributed by atoms with Crippen molar-refractivity contribution in [2.24, 2.45) is 23.7 Å². The number of hydrogen-bond donors (Lipinski definition) is 4. The lowest BCUT2D eigenvalue weighted by Gasteiger charge is -2.41. The van der Waals surface area contributed by atoms with E-state index in [1.54, 1.807) is 72.9 Å². The largest absolute Gasteiger partial charge is 0.455 e. The highest BCUT2D eigenvalue weighted by atomic mass is 32.1. The normalized spacial score (nSPS) is 26.6. The maximum Gasteiger partial charge on any atom is 0.406 e. The van der Waals surface area contributed by atoms with Crippen molar-refractivity contribution in [3.8, 4) is 0 Å². The van der Waals surface area contributed by atoms with Crippen LogP contribution in [0.4, 0.5) is 26.3 Å². The average Bonchev–Trinajstić information content (AvgIpc) is 0.776. The highest BCUT2D eigenvalue weighted by molar-refractivity contribution is 7.59. The van der Waals surface area contributed by atoms with Crippen LogP contribution in [-0.4, -0.2) is 107 Å². The van der Waals surface area contributed by atoms with E-state index in [1.165, 1.54) is 60.7 Å². The summed E-state index contributed by atoms with van der Waals surface area (Å²) in [6, 6.07) is 12.4. The first kappa shape index (κ1) is 83.5. The molecule has 16 atom stereocenters. The fraction of sp³-hybridized carbons (Fsp3) is 0.474. The minimum Gasteiger partial charge on any atom is -0.455 e. The van der Waals surface area contributed by atoms with Crippen LogP contribution in [0.1, 0.15) is 133 Å². The maximum absolute atomic E-state index is 14.5. The number of allylic oxidation sites excluding steroid dienone is 14. The van der Waals surface area contributed by atoms with Crippen molar-refractivity contribution < 1.29 is 74.7 Å². The molecule has 4 aliphatic heterocycles. The number of cyclic esters (lactones) is 2. The third kappa shape index (κ3) is 24.4. The topological polar surface area (TPSA) is 170 Å². The Morgan fingerprint density at radius 2 is 0.927 bits per heavy atom. The summed E-state index contributed by atoms with van der Waals surface area (Å²) in [7, 11) is 0. The highest BCUT2D eigenvalue weighted by Gasteiger charge is 2.59. The van der Waals surface area contributed by atoms with E-state index in [-0.39, 0.29) is 98.8 Å². The van der Waals surface area contributed by atoms with Gasteiger partial charge in [-0.25, -0.2) is 9.59 Å². The number of carbonyl (C=O) groups is 4. The zero-order chi connectivity index (χ0) is 69.6. The quantitative estimate of drug-likeness (QED) is 0.0343. The van der Waals surface area contributed by atoms with Crippen LogP contribution >= 0.6 is 27.0 Å². The average molecular weight is 1380 g/mol. The van der Waals surface area contributed by atoms with Crippen molar-refractivity contribution in [1.82, 2.24) is 10.6 Å². The predicted molar refractivity (Wildman–Crippen MR) is 377 cm³/mol. The molecule has 0 aromatic heterocycles. The van der Waals surface area contributed by atoms with Gasteiger partial charge in [0.05, 0.1) is 48.7 Å². The molecule has 0 unspecified atom stereocenters. The Morgan fingerprint density at radius 1 is 0.583 bits per heavy atom. The molecule has 2 aromatic carbocycles. The van der Waals surface area contributed by atoms with Crippen molar-refractivity contribution in [3.63, 3.8) is 0 Å². The van der Waals surface area contributed by atoms with Gasteiger partial charge < -0.3 is 39.8 Å².